The minimum Gasteiger partial charge on any atom is -0.435 e. The molecule has 0 radical (unpaired) electrons. The molecule has 0 aliphatic carbocycles. The molecule has 2 aromatic heterocycles. The molecule has 0 fully saturated rings. The summed E-state index contributed by atoms with van der Waals surface area (Å²) in [5, 5.41) is 2.33. The molecule has 0 N–H and O–H groups in total. The highest BCUT2D eigenvalue weighted by Crippen LogP contribution is 2.41. The molecule has 2 heterocycles. The molecule has 0 unspecified atom stereocenters. The lowest BCUT2D eigenvalue weighted by molar-refractivity contribution is 0.621. The molecular weight excluding hydrogens is 673 g/mol. The maximum absolute atomic E-state index is 6.44. The molecule has 0 aliphatic heterocycles. The van der Waals surface area contributed by atoms with Crippen molar-refractivity contribution in [3.05, 3.63) is 194 Å². The fourth-order valence-electron chi connectivity index (χ4n) is 7.31. The Hall–Kier alpha value is -7.50. The number of hydrogen-bond donors (Lipinski definition) is 0. The second-order valence-electron chi connectivity index (χ2n) is 13.4. The van der Waals surface area contributed by atoms with Crippen LogP contribution in [0.15, 0.2) is 199 Å². The van der Waals surface area contributed by atoms with E-state index in [0.717, 1.165) is 72.1 Å². The molecule has 0 saturated heterocycles. The Kier molecular flexibility index (Phi) is 8.08. The molecule has 5 nitrogen and oxygen atoms in total. The zero-order chi connectivity index (χ0) is 36.6. The highest BCUT2D eigenvalue weighted by atomic mass is 16.3. The first-order chi connectivity index (χ1) is 27.2. The van der Waals surface area contributed by atoms with Crippen molar-refractivity contribution < 1.29 is 4.42 Å². The predicted octanol–water partition coefficient (Wildman–Crippen LogP) is 12.8. The van der Waals surface area contributed by atoms with Crippen molar-refractivity contribution in [1.29, 1.82) is 0 Å². The number of fused-ring (bicyclic) bond motifs is 2. The molecule has 5 heteroatoms. The first-order valence-electron chi connectivity index (χ1n) is 18.3. The minimum absolute atomic E-state index is 0.612. The quantitative estimate of drug-likeness (QED) is 0.165. The number of rotatable bonds is 7. The molecule has 8 aromatic carbocycles. The van der Waals surface area contributed by atoms with E-state index in [4.69, 9.17) is 24.4 Å². The van der Waals surface area contributed by atoms with Crippen LogP contribution in [0.25, 0.3) is 101 Å². The van der Waals surface area contributed by atoms with Gasteiger partial charge in [-0.15, -0.1) is 0 Å². The van der Waals surface area contributed by atoms with Gasteiger partial charge in [-0.3, -0.25) is 0 Å². The summed E-state index contributed by atoms with van der Waals surface area (Å²) in [6, 6.07) is 66.6. The Balaban J connectivity index is 1.12. The lowest BCUT2D eigenvalue weighted by Gasteiger charge is -2.16. The highest BCUT2D eigenvalue weighted by Gasteiger charge is 2.18. The second kappa shape index (κ2) is 13.8. The molecule has 258 valence electrons. The van der Waals surface area contributed by atoms with Crippen molar-refractivity contribution in [2.45, 2.75) is 0 Å². The van der Waals surface area contributed by atoms with Crippen molar-refractivity contribution in [3.63, 3.8) is 0 Å². The van der Waals surface area contributed by atoms with Crippen LogP contribution in [0.2, 0.25) is 0 Å². The molecule has 0 spiro atoms. The van der Waals surface area contributed by atoms with Crippen molar-refractivity contribution in [2.75, 3.05) is 0 Å². The summed E-state index contributed by atoms with van der Waals surface area (Å²) in [6.07, 6.45) is 0. The first-order valence-corrected chi connectivity index (χ1v) is 18.3. The highest BCUT2D eigenvalue weighted by molar-refractivity contribution is 6.05. The van der Waals surface area contributed by atoms with E-state index in [2.05, 4.69) is 91.0 Å². The Morgan fingerprint density at radius 2 is 0.836 bits per heavy atom. The smallest absolute Gasteiger partial charge is 0.227 e. The zero-order valence-corrected chi connectivity index (χ0v) is 29.7. The lowest BCUT2D eigenvalue weighted by atomic mass is 9.88. The fraction of sp³-hybridized carbons (Fsp3) is 0. The van der Waals surface area contributed by atoms with Gasteiger partial charge in [0.15, 0.2) is 23.1 Å². The van der Waals surface area contributed by atoms with Crippen LogP contribution in [-0.2, 0) is 0 Å². The molecular formula is C50H32N4O. The van der Waals surface area contributed by atoms with Gasteiger partial charge in [-0.25, -0.2) is 19.9 Å². The summed E-state index contributed by atoms with van der Waals surface area (Å²) in [7, 11) is 0. The van der Waals surface area contributed by atoms with Crippen LogP contribution in [0.5, 0.6) is 0 Å². The number of para-hydroxylation sites is 1. The third kappa shape index (κ3) is 6.14. The summed E-state index contributed by atoms with van der Waals surface area (Å²) < 4.78 is 6.44. The minimum atomic E-state index is 0.612. The molecule has 10 rings (SSSR count). The largest absolute Gasteiger partial charge is 0.435 e. The van der Waals surface area contributed by atoms with Crippen molar-refractivity contribution >= 4 is 21.9 Å². The predicted molar refractivity (Wildman–Crippen MR) is 223 cm³/mol. The van der Waals surface area contributed by atoms with Gasteiger partial charge in [0.25, 0.3) is 0 Å². The van der Waals surface area contributed by atoms with Crippen LogP contribution in [0.4, 0.5) is 0 Å². The van der Waals surface area contributed by atoms with E-state index in [1.807, 2.05) is 103 Å². The summed E-state index contributed by atoms with van der Waals surface area (Å²) in [6.45, 7) is 0. The molecule has 0 aliphatic rings. The van der Waals surface area contributed by atoms with E-state index in [-0.39, 0.29) is 0 Å². The van der Waals surface area contributed by atoms with Gasteiger partial charge in [-0.05, 0) is 68.9 Å². The zero-order valence-electron chi connectivity index (χ0n) is 29.7. The Bertz CT molecular complexity index is 2920. The van der Waals surface area contributed by atoms with Gasteiger partial charge in [-0.1, -0.05) is 164 Å². The van der Waals surface area contributed by atoms with Crippen LogP contribution in [0.3, 0.4) is 0 Å². The number of nitrogens with zero attached hydrogens (tertiary/aromatic N) is 4. The van der Waals surface area contributed by atoms with Crippen molar-refractivity contribution in [2.24, 2.45) is 0 Å². The number of oxazole rings is 1. The Morgan fingerprint density at radius 1 is 0.327 bits per heavy atom. The normalized spacial score (nSPS) is 11.3. The van der Waals surface area contributed by atoms with Crippen LogP contribution in [0.1, 0.15) is 0 Å². The molecule has 55 heavy (non-hydrogen) atoms. The van der Waals surface area contributed by atoms with Gasteiger partial charge in [0.2, 0.25) is 5.89 Å². The van der Waals surface area contributed by atoms with Crippen LogP contribution in [0, 0.1) is 0 Å². The van der Waals surface area contributed by atoms with Gasteiger partial charge in [0.1, 0.15) is 5.52 Å². The van der Waals surface area contributed by atoms with E-state index in [1.54, 1.807) is 0 Å². The van der Waals surface area contributed by atoms with Crippen LogP contribution >= 0.6 is 0 Å². The summed E-state index contributed by atoms with van der Waals surface area (Å²) in [4.78, 5) is 19.8. The summed E-state index contributed by atoms with van der Waals surface area (Å²) >= 11 is 0. The van der Waals surface area contributed by atoms with Crippen molar-refractivity contribution in [3.8, 4) is 79.0 Å². The van der Waals surface area contributed by atoms with Gasteiger partial charge >= 0.3 is 0 Å². The van der Waals surface area contributed by atoms with E-state index < -0.39 is 0 Å². The van der Waals surface area contributed by atoms with E-state index in [9.17, 15) is 0 Å². The van der Waals surface area contributed by atoms with Gasteiger partial charge in [0.05, 0.1) is 0 Å². The first kappa shape index (κ1) is 32.2. The molecule has 0 bridgehead atoms. The number of hydrogen-bond acceptors (Lipinski definition) is 5. The molecule has 10 aromatic rings. The van der Waals surface area contributed by atoms with Gasteiger partial charge in [-0.2, -0.15) is 0 Å². The number of benzene rings is 8. The maximum atomic E-state index is 6.44. The van der Waals surface area contributed by atoms with Gasteiger partial charge < -0.3 is 4.42 Å². The lowest BCUT2D eigenvalue weighted by Crippen LogP contribution is -2.00. The van der Waals surface area contributed by atoms with Gasteiger partial charge in [0, 0.05) is 27.8 Å². The molecule has 0 atom stereocenters. The average molecular weight is 705 g/mol. The maximum Gasteiger partial charge on any atom is 0.227 e. The summed E-state index contributed by atoms with van der Waals surface area (Å²) in [5.74, 6) is 2.50. The Labute approximate surface area is 318 Å². The second-order valence-corrected chi connectivity index (χ2v) is 13.4. The number of aromatic nitrogens is 4. The van der Waals surface area contributed by atoms with E-state index in [0.29, 0.717) is 23.4 Å². The van der Waals surface area contributed by atoms with Crippen molar-refractivity contribution in [1.82, 2.24) is 19.9 Å². The SMILES string of the molecule is c1ccc(-c2nc(-c3ccccc3)nc(-c3cccc(-c4c(-c5cccc(-c6cccc7nc(-c8ccccc8)oc67)c5)ccc5ccccc45)c3)n2)cc1. The third-order valence-electron chi connectivity index (χ3n) is 9.96. The van der Waals surface area contributed by atoms with E-state index >= 15 is 0 Å². The third-order valence-corrected chi connectivity index (χ3v) is 9.96. The topological polar surface area (TPSA) is 64.7 Å². The Morgan fingerprint density at radius 3 is 1.53 bits per heavy atom. The van der Waals surface area contributed by atoms with Crippen LogP contribution < -0.4 is 0 Å². The monoisotopic (exact) mass is 704 g/mol. The van der Waals surface area contributed by atoms with E-state index in [1.165, 1.54) is 5.39 Å². The molecule has 0 saturated carbocycles. The van der Waals surface area contributed by atoms with Crippen LogP contribution in [-0.4, -0.2) is 19.9 Å². The molecule has 0 amide bonds. The standard InChI is InChI=1S/C50H32N4O/c1-4-16-34(17-5-1)47-52-48(35-18-6-2-7-19-35)54-49(53-47)40-25-13-24-39(32-40)45-41-26-11-10-15-33(41)29-30-42(45)37-22-12-23-38(31-37)43-27-14-28-44-46(43)55-50(51-44)36-20-8-3-9-21-36/h1-32H. The average Bonchev–Trinajstić information content (AvgIpc) is 3.72. The summed E-state index contributed by atoms with van der Waals surface area (Å²) in [5.41, 5.74) is 11.8. The fourth-order valence-corrected chi connectivity index (χ4v) is 7.31.